The number of nitrogens with one attached hydrogen (secondary N) is 1. The first-order valence-corrected chi connectivity index (χ1v) is 13.0. The highest BCUT2D eigenvalue weighted by Gasteiger charge is 2.44. The summed E-state index contributed by atoms with van der Waals surface area (Å²) in [7, 11) is 0. The normalized spacial score (nSPS) is 27.3. The maximum absolute atomic E-state index is 13.7. The van der Waals surface area contributed by atoms with E-state index in [1.807, 2.05) is 0 Å². The van der Waals surface area contributed by atoms with Crippen LogP contribution in [0.2, 0.25) is 0 Å². The van der Waals surface area contributed by atoms with Gasteiger partial charge in [-0.1, -0.05) is 23.0 Å². The van der Waals surface area contributed by atoms with E-state index in [1.165, 1.54) is 10.7 Å². The lowest BCUT2D eigenvalue weighted by Gasteiger charge is -2.17. The fourth-order valence-corrected chi connectivity index (χ4v) is 5.72. The van der Waals surface area contributed by atoms with Crippen molar-refractivity contribution >= 4 is 28.7 Å². The molecule has 0 unspecified atom stereocenters. The molecule has 5 rings (SSSR count). The fraction of sp³-hybridized carbons (Fsp3) is 0.565. The summed E-state index contributed by atoms with van der Waals surface area (Å²) in [5.74, 6) is -2.54. The molecule has 0 spiro atoms. The van der Waals surface area contributed by atoms with Gasteiger partial charge in [0, 0.05) is 24.3 Å². The number of anilines is 1. The summed E-state index contributed by atoms with van der Waals surface area (Å²) in [5, 5.41) is 41.8. The molecule has 1 aromatic carbocycles. The molecule has 0 radical (unpaired) electrons. The zero-order chi connectivity index (χ0) is 27.2. The largest absolute Gasteiger partial charge is 0.396 e. The molecule has 0 bridgehead atoms. The predicted molar refractivity (Wildman–Crippen MR) is 127 cm³/mol. The molecule has 3 aromatic rings. The van der Waals surface area contributed by atoms with Gasteiger partial charge in [0.25, 0.3) is 0 Å². The Balaban J connectivity index is 1.44. The molecular weight excluding hydrogens is 535 g/mol. The Morgan fingerprint density at radius 1 is 1.08 bits per heavy atom. The SMILES string of the molecule is OCC[C@H]1C[C@@H](n2nnc3c(N[C@@H]4C[C@H]4c4ccc(F)c(F)c4)nc(SCCC(F)(F)F)nc32)[C@H](O)[C@@H]1O. The Kier molecular flexibility index (Phi) is 7.46. The Morgan fingerprint density at radius 3 is 2.58 bits per heavy atom. The van der Waals surface area contributed by atoms with E-state index in [1.54, 1.807) is 0 Å². The number of rotatable bonds is 9. The number of alkyl halides is 3. The van der Waals surface area contributed by atoms with Crippen LogP contribution in [0, 0.1) is 17.6 Å². The van der Waals surface area contributed by atoms with Gasteiger partial charge in [-0.2, -0.15) is 13.2 Å². The van der Waals surface area contributed by atoms with Crippen LogP contribution in [0.4, 0.5) is 27.8 Å². The molecule has 9 nitrogen and oxygen atoms in total. The van der Waals surface area contributed by atoms with Crippen LogP contribution >= 0.6 is 11.8 Å². The molecule has 2 heterocycles. The van der Waals surface area contributed by atoms with Crippen molar-refractivity contribution in [3.63, 3.8) is 0 Å². The highest BCUT2D eigenvalue weighted by molar-refractivity contribution is 7.99. The Hall–Kier alpha value is -2.62. The van der Waals surface area contributed by atoms with E-state index in [4.69, 9.17) is 0 Å². The molecule has 2 aromatic heterocycles. The summed E-state index contributed by atoms with van der Waals surface area (Å²) < 4.78 is 66.5. The minimum atomic E-state index is -4.35. The number of aromatic nitrogens is 5. The number of hydrogen-bond acceptors (Lipinski definition) is 9. The summed E-state index contributed by atoms with van der Waals surface area (Å²) in [4.78, 5) is 8.72. The first-order valence-electron chi connectivity index (χ1n) is 12.1. The van der Waals surface area contributed by atoms with Gasteiger partial charge in [0.2, 0.25) is 0 Å². The highest BCUT2D eigenvalue weighted by Crippen LogP contribution is 2.44. The van der Waals surface area contributed by atoms with Crippen molar-refractivity contribution in [3.05, 3.63) is 35.4 Å². The zero-order valence-electron chi connectivity index (χ0n) is 19.8. The maximum Gasteiger partial charge on any atom is 0.389 e. The van der Waals surface area contributed by atoms with E-state index >= 15 is 0 Å². The second-order valence-corrected chi connectivity index (χ2v) is 10.7. The van der Waals surface area contributed by atoms with Gasteiger partial charge in [-0.15, -0.1) is 5.10 Å². The van der Waals surface area contributed by atoms with Gasteiger partial charge >= 0.3 is 6.18 Å². The van der Waals surface area contributed by atoms with Crippen LogP contribution in [0.15, 0.2) is 23.4 Å². The van der Waals surface area contributed by atoms with Crippen molar-refractivity contribution in [1.29, 1.82) is 0 Å². The number of hydrogen-bond donors (Lipinski definition) is 4. The molecule has 0 amide bonds. The van der Waals surface area contributed by atoms with Crippen LogP contribution in [0.3, 0.4) is 0 Å². The lowest BCUT2D eigenvalue weighted by atomic mass is 10.0. The lowest BCUT2D eigenvalue weighted by Crippen LogP contribution is -2.30. The molecule has 2 aliphatic rings. The smallest absolute Gasteiger partial charge is 0.389 e. The van der Waals surface area contributed by atoms with Crippen LogP contribution in [-0.4, -0.2) is 77.1 Å². The van der Waals surface area contributed by atoms with Crippen LogP contribution in [0.25, 0.3) is 11.2 Å². The number of aliphatic hydroxyl groups excluding tert-OH is 3. The first-order chi connectivity index (χ1) is 18.1. The quantitative estimate of drug-likeness (QED) is 0.177. The molecule has 4 N–H and O–H groups in total. The standard InChI is InChI=1S/C23H25F5N6O3S/c24-13-2-1-10(7-14(13)25)12-9-15(12)29-20-17-21(31-22(30-20)38-6-4-23(26,27)28)34(33-32-17)16-8-11(3-5-35)18(36)19(16)37/h1-2,7,11-12,15-16,18-19,35-37H,3-6,8-9H2,(H,29,30,31)/t11-,12-,15+,16+,18+,19-/m0/s1. The predicted octanol–water partition coefficient (Wildman–Crippen LogP) is 3.18. The topological polar surface area (TPSA) is 129 Å². The molecular formula is C23H25F5N6O3S. The van der Waals surface area contributed by atoms with E-state index in [9.17, 15) is 37.3 Å². The Labute approximate surface area is 217 Å². The monoisotopic (exact) mass is 560 g/mol. The van der Waals surface area contributed by atoms with Gasteiger partial charge in [-0.25, -0.2) is 23.4 Å². The number of halogens is 5. The summed E-state index contributed by atoms with van der Waals surface area (Å²) in [5.41, 5.74) is 0.976. The Bertz CT molecular complexity index is 1310. The van der Waals surface area contributed by atoms with E-state index in [2.05, 4.69) is 25.6 Å². The summed E-state index contributed by atoms with van der Waals surface area (Å²) in [6.07, 6.45) is -6.58. The average molecular weight is 561 g/mol. The number of thioether (sulfide) groups is 1. The minimum Gasteiger partial charge on any atom is -0.396 e. The number of fused-ring (bicyclic) bond motifs is 1. The van der Waals surface area contributed by atoms with E-state index in [0.717, 1.165) is 23.9 Å². The van der Waals surface area contributed by atoms with E-state index in [0.29, 0.717) is 12.0 Å². The summed E-state index contributed by atoms with van der Waals surface area (Å²) in [6, 6.07) is 2.73. The average Bonchev–Trinajstić information content (AvgIpc) is 3.40. The van der Waals surface area contributed by atoms with Gasteiger partial charge in [0.05, 0.1) is 18.6 Å². The highest BCUT2D eigenvalue weighted by atomic mass is 32.2. The molecule has 2 aliphatic carbocycles. The van der Waals surface area contributed by atoms with Crippen LogP contribution < -0.4 is 5.32 Å². The van der Waals surface area contributed by atoms with Crippen LogP contribution in [0.5, 0.6) is 0 Å². The number of benzene rings is 1. The first kappa shape index (κ1) is 27.0. The van der Waals surface area contributed by atoms with Crippen molar-refractivity contribution in [3.8, 4) is 0 Å². The number of aliphatic hydroxyl groups is 3. The van der Waals surface area contributed by atoms with Gasteiger partial charge in [-0.3, -0.25) is 0 Å². The fourth-order valence-electron chi connectivity index (χ4n) is 4.89. The molecule has 206 valence electrons. The van der Waals surface area contributed by atoms with Gasteiger partial charge < -0.3 is 20.6 Å². The molecule has 0 saturated heterocycles. The molecule has 2 fully saturated rings. The summed E-state index contributed by atoms with van der Waals surface area (Å²) in [6.45, 7) is -0.171. The third kappa shape index (κ3) is 5.55. The summed E-state index contributed by atoms with van der Waals surface area (Å²) >= 11 is 0.802. The van der Waals surface area contributed by atoms with Crippen molar-refractivity contribution in [1.82, 2.24) is 25.0 Å². The van der Waals surface area contributed by atoms with E-state index in [-0.39, 0.29) is 65.2 Å². The second kappa shape index (κ2) is 10.5. The molecule has 6 atom stereocenters. The molecule has 0 aliphatic heterocycles. The Morgan fingerprint density at radius 2 is 1.87 bits per heavy atom. The third-order valence-corrected chi connectivity index (χ3v) is 7.84. The maximum atomic E-state index is 13.7. The molecule has 38 heavy (non-hydrogen) atoms. The van der Waals surface area contributed by atoms with Gasteiger partial charge in [0.15, 0.2) is 33.8 Å². The molecule has 2 saturated carbocycles. The minimum absolute atomic E-state index is 0.0396. The second-order valence-electron chi connectivity index (χ2n) is 9.60. The molecule has 15 heteroatoms. The zero-order valence-corrected chi connectivity index (χ0v) is 20.6. The van der Waals surface area contributed by atoms with Crippen LogP contribution in [-0.2, 0) is 0 Å². The lowest BCUT2D eigenvalue weighted by molar-refractivity contribution is -0.129. The van der Waals surface area contributed by atoms with Gasteiger partial charge in [0.1, 0.15) is 6.10 Å². The van der Waals surface area contributed by atoms with Crippen molar-refractivity contribution < 1.29 is 37.3 Å². The number of nitrogens with zero attached hydrogens (tertiary/aromatic N) is 5. The van der Waals surface area contributed by atoms with E-state index < -0.39 is 42.5 Å². The van der Waals surface area contributed by atoms with Crippen molar-refractivity contribution in [2.75, 3.05) is 17.7 Å². The van der Waals surface area contributed by atoms with Crippen molar-refractivity contribution in [2.45, 2.75) is 67.2 Å². The van der Waals surface area contributed by atoms with Crippen molar-refractivity contribution in [2.24, 2.45) is 5.92 Å². The van der Waals surface area contributed by atoms with Crippen LogP contribution in [0.1, 0.15) is 43.2 Å². The van der Waals surface area contributed by atoms with Gasteiger partial charge in [-0.05, 0) is 42.9 Å². The third-order valence-electron chi connectivity index (χ3n) is 6.99.